The van der Waals surface area contributed by atoms with Gasteiger partial charge in [-0.05, 0) is 31.4 Å². The molecule has 23 heavy (non-hydrogen) atoms. The van der Waals surface area contributed by atoms with Gasteiger partial charge in [0, 0.05) is 25.2 Å². The van der Waals surface area contributed by atoms with Crippen LogP contribution in [0.4, 0.5) is 5.69 Å². The van der Waals surface area contributed by atoms with E-state index in [0.717, 1.165) is 11.3 Å². The van der Waals surface area contributed by atoms with E-state index >= 15 is 0 Å². The lowest BCUT2D eigenvalue weighted by Gasteiger charge is -2.17. The average Bonchev–Trinajstić information content (AvgIpc) is 2.89. The Hall–Kier alpha value is -1.88. The number of amides is 2. The first-order valence-electron chi connectivity index (χ1n) is 8.21. The van der Waals surface area contributed by atoms with Crippen molar-refractivity contribution in [1.82, 2.24) is 5.32 Å². The Balaban J connectivity index is 1.86. The average molecular weight is 318 g/mol. The fourth-order valence-corrected chi connectivity index (χ4v) is 2.68. The molecule has 1 heterocycles. The number of benzene rings is 1. The second-order valence-corrected chi connectivity index (χ2v) is 6.63. The number of carbonyl (C=O) groups excluding carboxylic acids is 2. The summed E-state index contributed by atoms with van der Waals surface area (Å²) in [5.41, 5.74) is 1.98. The molecule has 2 amide bonds. The van der Waals surface area contributed by atoms with Gasteiger partial charge in [-0.25, -0.2) is 0 Å². The third-order valence-corrected chi connectivity index (χ3v) is 4.35. The number of aliphatic hydroxyl groups is 1. The van der Waals surface area contributed by atoms with Gasteiger partial charge in [0.2, 0.25) is 11.8 Å². The molecule has 2 rings (SSSR count). The van der Waals surface area contributed by atoms with Crippen LogP contribution >= 0.6 is 0 Å². The monoisotopic (exact) mass is 318 g/mol. The van der Waals surface area contributed by atoms with Crippen molar-refractivity contribution < 1.29 is 14.7 Å². The minimum Gasteiger partial charge on any atom is -0.393 e. The third kappa shape index (κ3) is 4.55. The van der Waals surface area contributed by atoms with E-state index in [1.807, 2.05) is 45.0 Å². The molecule has 0 unspecified atom stereocenters. The minimum absolute atomic E-state index is 0.0174. The van der Waals surface area contributed by atoms with Crippen LogP contribution in [0.25, 0.3) is 0 Å². The number of aliphatic hydroxyl groups excluding tert-OH is 1. The zero-order valence-corrected chi connectivity index (χ0v) is 14.1. The van der Waals surface area contributed by atoms with Crippen LogP contribution in [0.1, 0.15) is 32.3 Å². The van der Waals surface area contributed by atoms with Crippen molar-refractivity contribution >= 4 is 17.5 Å². The summed E-state index contributed by atoms with van der Waals surface area (Å²) >= 11 is 0. The van der Waals surface area contributed by atoms with Crippen molar-refractivity contribution in [2.24, 2.45) is 11.8 Å². The molecule has 1 saturated heterocycles. The summed E-state index contributed by atoms with van der Waals surface area (Å²) in [7, 11) is 0. The fourth-order valence-electron chi connectivity index (χ4n) is 2.68. The molecule has 0 spiro atoms. The van der Waals surface area contributed by atoms with Gasteiger partial charge in [0.05, 0.1) is 12.0 Å². The van der Waals surface area contributed by atoms with Crippen molar-refractivity contribution in [3.63, 3.8) is 0 Å². The molecule has 2 atom stereocenters. The number of hydrogen-bond donors (Lipinski definition) is 2. The fraction of sp³-hybridized carbons (Fsp3) is 0.556. The van der Waals surface area contributed by atoms with Crippen molar-refractivity contribution in [3.05, 3.63) is 29.8 Å². The first-order chi connectivity index (χ1) is 10.9. The van der Waals surface area contributed by atoms with Crippen molar-refractivity contribution in [1.29, 1.82) is 0 Å². The summed E-state index contributed by atoms with van der Waals surface area (Å²) in [5.74, 6) is -0.267. The molecular weight excluding hydrogens is 292 g/mol. The highest BCUT2D eigenvalue weighted by molar-refractivity contribution is 6.00. The standard InChI is InChI=1S/C18H26N2O3/c1-12(2)16(21)8-9-19-18(23)14-10-17(22)20(11-14)15-6-4-13(3)5-7-15/h4-7,12,14,16,21H,8-11H2,1-3H3,(H,19,23)/t14-,16-/m1/s1. The van der Waals surface area contributed by atoms with E-state index in [1.54, 1.807) is 4.90 Å². The highest BCUT2D eigenvalue weighted by atomic mass is 16.3. The topological polar surface area (TPSA) is 69.6 Å². The quantitative estimate of drug-likeness (QED) is 0.841. The molecule has 0 aromatic heterocycles. The third-order valence-electron chi connectivity index (χ3n) is 4.35. The predicted molar refractivity (Wildman–Crippen MR) is 90.1 cm³/mol. The van der Waals surface area contributed by atoms with Gasteiger partial charge in [-0.1, -0.05) is 31.5 Å². The predicted octanol–water partition coefficient (Wildman–Crippen LogP) is 1.87. The lowest BCUT2D eigenvalue weighted by atomic mass is 10.0. The molecule has 2 N–H and O–H groups in total. The maximum atomic E-state index is 12.2. The SMILES string of the molecule is Cc1ccc(N2C[C@H](C(=O)NCC[C@@H](O)C(C)C)CC2=O)cc1. The van der Waals surface area contributed by atoms with Gasteiger partial charge >= 0.3 is 0 Å². The molecule has 1 fully saturated rings. The van der Waals surface area contributed by atoms with E-state index in [1.165, 1.54) is 0 Å². The van der Waals surface area contributed by atoms with Crippen LogP contribution in [-0.4, -0.2) is 36.1 Å². The first kappa shape index (κ1) is 17.5. The second kappa shape index (κ2) is 7.59. The lowest BCUT2D eigenvalue weighted by Crippen LogP contribution is -2.35. The molecule has 5 heteroatoms. The minimum atomic E-state index is -0.412. The summed E-state index contributed by atoms with van der Waals surface area (Å²) in [6.45, 7) is 6.74. The molecule has 1 aliphatic heterocycles. The summed E-state index contributed by atoms with van der Waals surface area (Å²) in [6, 6.07) is 7.74. The van der Waals surface area contributed by atoms with Crippen LogP contribution in [-0.2, 0) is 9.59 Å². The van der Waals surface area contributed by atoms with Crippen LogP contribution in [0.2, 0.25) is 0 Å². The van der Waals surface area contributed by atoms with Gasteiger partial charge in [0.1, 0.15) is 0 Å². The molecule has 0 aliphatic carbocycles. The van der Waals surface area contributed by atoms with Gasteiger partial charge in [0.25, 0.3) is 0 Å². The zero-order chi connectivity index (χ0) is 17.0. The number of aryl methyl sites for hydroxylation is 1. The van der Waals surface area contributed by atoms with Gasteiger partial charge in [-0.3, -0.25) is 9.59 Å². The highest BCUT2D eigenvalue weighted by Gasteiger charge is 2.34. The van der Waals surface area contributed by atoms with Crippen LogP contribution in [0.3, 0.4) is 0 Å². The van der Waals surface area contributed by atoms with Crippen LogP contribution < -0.4 is 10.2 Å². The van der Waals surface area contributed by atoms with Crippen LogP contribution in [0.15, 0.2) is 24.3 Å². The molecule has 0 saturated carbocycles. The molecule has 1 aromatic rings. The maximum Gasteiger partial charge on any atom is 0.227 e. The Kier molecular flexibility index (Phi) is 5.77. The van der Waals surface area contributed by atoms with Crippen LogP contribution in [0, 0.1) is 18.8 Å². The van der Waals surface area contributed by atoms with E-state index < -0.39 is 6.10 Å². The van der Waals surface area contributed by atoms with Crippen molar-refractivity contribution in [3.8, 4) is 0 Å². The highest BCUT2D eigenvalue weighted by Crippen LogP contribution is 2.25. The largest absolute Gasteiger partial charge is 0.393 e. The van der Waals surface area contributed by atoms with Gasteiger partial charge in [-0.2, -0.15) is 0 Å². The summed E-state index contributed by atoms with van der Waals surface area (Å²) in [4.78, 5) is 26.0. The van der Waals surface area contributed by atoms with Gasteiger partial charge in [0.15, 0.2) is 0 Å². The molecule has 1 aliphatic rings. The van der Waals surface area contributed by atoms with E-state index in [2.05, 4.69) is 5.32 Å². The van der Waals surface area contributed by atoms with Crippen molar-refractivity contribution in [2.75, 3.05) is 18.0 Å². The molecule has 1 aromatic carbocycles. The summed E-state index contributed by atoms with van der Waals surface area (Å²) < 4.78 is 0. The Morgan fingerprint density at radius 3 is 2.61 bits per heavy atom. The Morgan fingerprint density at radius 2 is 2.00 bits per heavy atom. The number of hydrogen-bond acceptors (Lipinski definition) is 3. The van der Waals surface area contributed by atoms with E-state index in [0.29, 0.717) is 19.5 Å². The second-order valence-electron chi connectivity index (χ2n) is 6.63. The molecule has 5 nitrogen and oxygen atoms in total. The number of nitrogens with zero attached hydrogens (tertiary/aromatic N) is 1. The van der Waals surface area contributed by atoms with E-state index in [4.69, 9.17) is 0 Å². The van der Waals surface area contributed by atoms with Crippen molar-refractivity contribution in [2.45, 2.75) is 39.7 Å². The number of rotatable bonds is 6. The molecule has 0 radical (unpaired) electrons. The summed E-state index contributed by atoms with van der Waals surface area (Å²) in [6.07, 6.45) is 0.364. The lowest BCUT2D eigenvalue weighted by molar-refractivity contribution is -0.126. The maximum absolute atomic E-state index is 12.2. The Labute approximate surface area is 137 Å². The van der Waals surface area contributed by atoms with Gasteiger partial charge < -0.3 is 15.3 Å². The number of anilines is 1. The number of nitrogens with one attached hydrogen (secondary N) is 1. The smallest absolute Gasteiger partial charge is 0.227 e. The first-order valence-corrected chi connectivity index (χ1v) is 8.21. The normalized spacial score (nSPS) is 19.3. The molecule has 126 valence electrons. The van der Waals surface area contributed by atoms with Gasteiger partial charge in [-0.15, -0.1) is 0 Å². The molecule has 0 bridgehead atoms. The Morgan fingerprint density at radius 1 is 1.35 bits per heavy atom. The summed E-state index contributed by atoms with van der Waals surface area (Å²) in [5, 5.41) is 12.6. The van der Waals surface area contributed by atoms with E-state index in [-0.39, 0.29) is 30.1 Å². The molecular formula is C18H26N2O3. The zero-order valence-electron chi connectivity index (χ0n) is 14.1. The number of carbonyl (C=O) groups is 2. The van der Waals surface area contributed by atoms with Crippen LogP contribution in [0.5, 0.6) is 0 Å². The van der Waals surface area contributed by atoms with E-state index in [9.17, 15) is 14.7 Å². The Bertz CT molecular complexity index is 554.